The van der Waals surface area contributed by atoms with Gasteiger partial charge in [0.15, 0.2) is 0 Å². The summed E-state index contributed by atoms with van der Waals surface area (Å²) >= 11 is 0. The lowest BCUT2D eigenvalue weighted by atomic mass is 9.87. The number of nitrogens with one attached hydrogen (secondary N) is 1. The topological polar surface area (TPSA) is 77.3 Å². The monoisotopic (exact) mass is 379 g/mol. The van der Waals surface area contributed by atoms with Crippen molar-refractivity contribution in [1.82, 2.24) is 15.5 Å². The number of ether oxygens (including phenoxy) is 1. The van der Waals surface area contributed by atoms with Crippen LogP contribution in [-0.2, 0) is 11.8 Å². The van der Waals surface area contributed by atoms with Crippen molar-refractivity contribution in [3.05, 3.63) is 65.5 Å². The van der Waals surface area contributed by atoms with Crippen molar-refractivity contribution in [3.63, 3.8) is 0 Å². The summed E-state index contributed by atoms with van der Waals surface area (Å²) < 4.78 is 10.8. The van der Waals surface area contributed by atoms with Crippen LogP contribution in [0.25, 0.3) is 11.5 Å². The predicted octanol–water partition coefficient (Wildman–Crippen LogP) is 4.02. The molecule has 1 amide bonds. The first-order valence-corrected chi connectivity index (χ1v) is 9.22. The standard InChI is InChI=1S/C22H25N3O3/c1-22(2,3)17-9-5-15(6-10-17)20(26)23-14-13-19-24-25-21(28-19)16-7-11-18(27-4)12-8-16/h5-12H,13-14H2,1-4H3,(H,23,26). The molecule has 0 aliphatic carbocycles. The molecule has 2 aromatic carbocycles. The Labute approximate surface area is 164 Å². The zero-order valence-electron chi connectivity index (χ0n) is 16.7. The number of methoxy groups -OCH3 is 1. The molecular formula is C22H25N3O3. The van der Waals surface area contributed by atoms with Crippen LogP contribution in [0.15, 0.2) is 52.9 Å². The van der Waals surface area contributed by atoms with E-state index in [9.17, 15) is 4.79 Å². The predicted molar refractivity (Wildman–Crippen MR) is 107 cm³/mol. The van der Waals surface area contributed by atoms with Gasteiger partial charge in [-0.2, -0.15) is 0 Å². The van der Waals surface area contributed by atoms with Crippen molar-refractivity contribution >= 4 is 5.91 Å². The molecule has 0 spiro atoms. The SMILES string of the molecule is COc1ccc(-c2nnc(CCNC(=O)c3ccc(C(C)(C)C)cc3)o2)cc1. The van der Waals surface area contributed by atoms with Gasteiger partial charge in [0.05, 0.1) is 7.11 Å². The number of carbonyl (C=O) groups excluding carboxylic acids is 1. The molecular weight excluding hydrogens is 354 g/mol. The van der Waals surface area contributed by atoms with Crippen LogP contribution in [0.4, 0.5) is 0 Å². The molecule has 6 nitrogen and oxygen atoms in total. The van der Waals surface area contributed by atoms with E-state index in [1.54, 1.807) is 7.11 Å². The number of nitrogens with zero attached hydrogens (tertiary/aromatic N) is 2. The summed E-state index contributed by atoms with van der Waals surface area (Å²) in [4.78, 5) is 12.3. The Balaban J connectivity index is 1.53. The van der Waals surface area contributed by atoms with E-state index < -0.39 is 0 Å². The fourth-order valence-corrected chi connectivity index (χ4v) is 2.71. The molecule has 146 valence electrons. The van der Waals surface area contributed by atoms with Crippen LogP contribution < -0.4 is 10.1 Å². The van der Waals surface area contributed by atoms with Crippen molar-refractivity contribution in [2.24, 2.45) is 0 Å². The number of benzene rings is 2. The molecule has 0 saturated carbocycles. The van der Waals surface area contributed by atoms with Crippen molar-refractivity contribution in [3.8, 4) is 17.2 Å². The molecule has 0 aliphatic rings. The average Bonchev–Trinajstić information content (AvgIpc) is 3.16. The summed E-state index contributed by atoms with van der Waals surface area (Å²) in [6.07, 6.45) is 0.467. The normalized spacial score (nSPS) is 11.3. The van der Waals surface area contributed by atoms with E-state index in [2.05, 4.69) is 36.3 Å². The van der Waals surface area contributed by atoms with Gasteiger partial charge in [0, 0.05) is 24.1 Å². The van der Waals surface area contributed by atoms with E-state index in [1.807, 2.05) is 48.5 Å². The highest BCUT2D eigenvalue weighted by Crippen LogP contribution is 2.22. The maximum absolute atomic E-state index is 12.3. The number of rotatable bonds is 6. The zero-order chi connectivity index (χ0) is 20.1. The average molecular weight is 379 g/mol. The van der Waals surface area contributed by atoms with Gasteiger partial charge in [-0.3, -0.25) is 4.79 Å². The van der Waals surface area contributed by atoms with Crippen LogP contribution in [0.3, 0.4) is 0 Å². The van der Waals surface area contributed by atoms with Crippen LogP contribution in [0, 0.1) is 0 Å². The van der Waals surface area contributed by atoms with E-state index in [0.29, 0.717) is 30.3 Å². The lowest BCUT2D eigenvalue weighted by molar-refractivity contribution is 0.0953. The van der Waals surface area contributed by atoms with E-state index in [-0.39, 0.29) is 11.3 Å². The van der Waals surface area contributed by atoms with Gasteiger partial charge in [0.25, 0.3) is 5.91 Å². The third kappa shape index (κ3) is 4.76. The number of aromatic nitrogens is 2. The molecule has 1 heterocycles. The van der Waals surface area contributed by atoms with E-state index in [0.717, 1.165) is 11.3 Å². The Kier molecular flexibility index (Phi) is 5.78. The van der Waals surface area contributed by atoms with Crippen molar-refractivity contribution in [2.75, 3.05) is 13.7 Å². The smallest absolute Gasteiger partial charge is 0.251 e. The summed E-state index contributed by atoms with van der Waals surface area (Å²) in [6.45, 7) is 6.86. The third-order valence-corrected chi connectivity index (χ3v) is 4.44. The molecule has 0 unspecified atom stereocenters. The highest BCUT2D eigenvalue weighted by atomic mass is 16.5. The molecule has 0 radical (unpaired) electrons. The van der Waals surface area contributed by atoms with Gasteiger partial charge in [0.2, 0.25) is 11.8 Å². The molecule has 3 aromatic rings. The Morgan fingerprint density at radius 3 is 2.32 bits per heavy atom. The van der Waals surface area contributed by atoms with Gasteiger partial charge in [-0.15, -0.1) is 10.2 Å². The van der Waals surface area contributed by atoms with Crippen molar-refractivity contribution < 1.29 is 13.9 Å². The lowest BCUT2D eigenvalue weighted by Gasteiger charge is -2.19. The highest BCUT2D eigenvalue weighted by Gasteiger charge is 2.14. The number of hydrogen-bond acceptors (Lipinski definition) is 5. The first-order valence-electron chi connectivity index (χ1n) is 9.22. The second-order valence-electron chi connectivity index (χ2n) is 7.56. The second kappa shape index (κ2) is 8.25. The van der Waals surface area contributed by atoms with Gasteiger partial charge in [-0.1, -0.05) is 32.9 Å². The van der Waals surface area contributed by atoms with Gasteiger partial charge in [-0.25, -0.2) is 0 Å². The van der Waals surface area contributed by atoms with Gasteiger partial charge < -0.3 is 14.5 Å². The maximum Gasteiger partial charge on any atom is 0.251 e. The molecule has 6 heteroatoms. The minimum atomic E-state index is -0.115. The Hall–Kier alpha value is -3.15. The van der Waals surface area contributed by atoms with E-state index in [1.165, 1.54) is 5.56 Å². The molecule has 0 aliphatic heterocycles. The molecule has 28 heavy (non-hydrogen) atoms. The van der Waals surface area contributed by atoms with Crippen LogP contribution in [0.1, 0.15) is 42.6 Å². The van der Waals surface area contributed by atoms with Gasteiger partial charge >= 0.3 is 0 Å². The van der Waals surface area contributed by atoms with E-state index in [4.69, 9.17) is 9.15 Å². The summed E-state index contributed by atoms with van der Waals surface area (Å²) in [7, 11) is 1.62. The third-order valence-electron chi connectivity index (χ3n) is 4.44. The Morgan fingerprint density at radius 2 is 1.71 bits per heavy atom. The Morgan fingerprint density at radius 1 is 1.04 bits per heavy atom. The first kappa shape index (κ1) is 19.6. The number of hydrogen-bond donors (Lipinski definition) is 1. The second-order valence-corrected chi connectivity index (χ2v) is 7.56. The van der Waals surface area contributed by atoms with Gasteiger partial charge in [0.1, 0.15) is 5.75 Å². The molecule has 3 rings (SSSR count). The largest absolute Gasteiger partial charge is 0.497 e. The molecule has 0 atom stereocenters. The molecule has 0 fully saturated rings. The Bertz CT molecular complexity index is 923. The minimum Gasteiger partial charge on any atom is -0.497 e. The fraction of sp³-hybridized carbons (Fsp3) is 0.318. The summed E-state index contributed by atoms with van der Waals surface area (Å²) in [5.74, 6) is 1.58. The first-order chi connectivity index (χ1) is 13.4. The summed E-state index contributed by atoms with van der Waals surface area (Å²) in [5, 5.41) is 11.0. The molecule has 0 saturated heterocycles. The fourth-order valence-electron chi connectivity index (χ4n) is 2.71. The quantitative estimate of drug-likeness (QED) is 0.700. The van der Waals surface area contributed by atoms with Crippen molar-refractivity contribution in [1.29, 1.82) is 0 Å². The molecule has 1 N–H and O–H groups in total. The number of amides is 1. The van der Waals surface area contributed by atoms with Crippen LogP contribution in [0.2, 0.25) is 0 Å². The molecule has 1 aromatic heterocycles. The van der Waals surface area contributed by atoms with Crippen LogP contribution >= 0.6 is 0 Å². The maximum atomic E-state index is 12.3. The molecule has 0 bridgehead atoms. The van der Waals surface area contributed by atoms with Crippen molar-refractivity contribution in [2.45, 2.75) is 32.6 Å². The minimum absolute atomic E-state index is 0.0640. The highest BCUT2D eigenvalue weighted by molar-refractivity contribution is 5.94. The summed E-state index contributed by atoms with van der Waals surface area (Å²) in [6, 6.07) is 15.1. The van der Waals surface area contributed by atoms with Crippen LogP contribution in [0.5, 0.6) is 5.75 Å². The summed E-state index contributed by atoms with van der Waals surface area (Å²) in [5.41, 5.74) is 2.72. The van der Waals surface area contributed by atoms with E-state index >= 15 is 0 Å². The lowest BCUT2D eigenvalue weighted by Crippen LogP contribution is -2.25. The number of carbonyl (C=O) groups is 1. The van der Waals surface area contributed by atoms with Gasteiger partial charge in [-0.05, 0) is 47.4 Å². The zero-order valence-corrected chi connectivity index (χ0v) is 16.7. The van der Waals surface area contributed by atoms with Crippen LogP contribution in [-0.4, -0.2) is 29.8 Å².